The van der Waals surface area contributed by atoms with Crippen LogP contribution in [0.5, 0.6) is 5.75 Å². The van der Waals surface area contributed by atoms with Crippen LogP contribution < -0.4 is 10.1 Å². The lowest BCUT2D eigenvalue weighted by Gasteiger charge is -2.05. The topological polar surface area (TPSA) is 60.2 Å². The molecule has 0 spiro atoms. The summed E-state index contributed by atoms with van der Waals surface area (Å²) in [5.74, 6) is 1.34. The lowest BCUT2D eigenvalue weighted by molar-refractivity contribution is 0.286. The molecule has 0 amide bonds. The molecule has 0 saturated heterocycles. The number of aromatic nitrogens is 2. The highest BCUT2D eigenvalue weighted by atomic mass is 16.5. The van der Waals surface area contributed by atoms with E-state index in [1.165, 1.54) is 12.0 Å². The Morgan fingerprint density at radius 1 is 1.29 bits per heavy atom. The van der Waals surface area contributed by atoms with E-state index in [0.29, 0.717) is 12.4 Å². The van der Waals surface area contributed by atoms with Gasteiger partial charge in [-0.1, -0.05) is 24.2 Å². The predicted octanol–water partition coefficient (Wildman–Crippen LogP) is 1.76. The van der Waals surface area contributed by atoms with Crippen molar-refractivity contribution < 1.29 is 9.26 Å². The molecule has 2 rings (SSSR count). The first kappa shape index (κ1) is 11.6. The first-order chi connectivity index (χ1) is 8.38. The maximum atomic E-state index is 5.50. The summed E-state index contributed by atoms with van der Waals surface area (Å²) in [7, 11) is 0. The fourth-order valence-corrected chi connectivity index (χ4v) is 1.38. The molecule has 0 saturated carbocycles. The first-order valence-electron chi connectivity index (χ1n) is 5.56. The van der Waals surface area contributed by atoms with Crippen molar-refractivity contribution in [2.75, 3.05) is 6.54 Å². The Morgan fingerprint density at radius 3 is 2.76 bits per heavy atom. The molecule has 5 nitrogen and oxygen atoms in total. The van der Waals surface area contributed by atoms with Crippen LogP contribution in [0.4, 0.5) is 0 Å². The van der Waals surface area contributed by atoms with E-state index in [1.807, 2.05) is 24.3 Å². The maximum absolute atomic E-state index is 5.50. The molecule has 90 valence electrons. The number of hydrogen-bond donors (Lipinski definition) is 1. The van der Waals surface area contributed by atoms with Gasteiger partial charge in [-0.15, -0.1) is 0 Å². The van der Waals surface area contributed by atoms with Crippen molar-refractivity contribution in [1.82, 2.24) is 15.5 Å². The Hall–Kier alpha value is -1.88. The van der Waals surface area contributed by atoms with Crippen LogP contribution in [0.3, 0.4) is 0 Å². The zero-order valence-electron chi connectivity index (χ0n) is 9.72. The van der Waals surface area contributed by atoms with E-state index >= 15 is 0 Å². The molecule has 5 heteroatoms. The zero-order chi connectivity index (χ0) is 11.9. The number of ether oxygens (including phenoxy) is 1. The fourth-order valence-electron chi connectivity index (χ4n) is 1.38. The minimum atomic E-state index is 0.322. The normalized spacial score (nSPS) is 10.4. The average molecular weight is 233 g/mol. The van der Waals surface area contributed by atoms with Gasteiger partial charge in [0, 0.05) is 6.54 Å². The minimum absolute atomic E-state index is 0.322. The predicted molar refractivity (Wildman–Crippen MR) is 62.5 cm³/mol. The molecule has 2 aromatic rings. The van der Waals surface area contributed by atoms with E-state index in [0.717, 1.165) is 18.8 Å². The van der Waals surface area contributed by atoms with Gasteiger partial charge in [-0.25, -0.2) is 0 Å². The SMILES string of the molecule is CCNCc1ccc(OCc2ncon2)cc1. The highest BCUT2D eigenvalue weighted by Gasteiger charge is 2.00. The molecule has 1 heterocycles. The molecular formula is C12H15N3O2. The molecule has 0 aliphatic carbocycles. The average Bonchev–Trinajstić information content (AvgIpc) is 2.88. The number of rotatable bonds is 6. The molecule has 1 N–H and O–H groups in total. The van der Waals surface area contributed by atoms with Crippen molar-refractivity contribution >= 4 is 0 Å². The summed E-state index contributed by atoms with van der Waals surface area (Å²) < 4.78 is 10.1. The summed E-state index contributed by atoms with van der Waals surface area (Å²) in [6.45, 7) is 4.25. The molecule has 0 aliphatic heterocycles. The monoisotopic (exact) mass is 233 g/mol. The number of nitrogens with one attached hydrogen (secondary N) is 1. The van der Waals surface area contributed by atoms with Gasteiger partial charge in [-0.05, 0) is 24.2 Å². The van der Waals surface area contributed by atoms with Crippen molar-refractivity contribution in [3.8, 4) is 5.75 Å². The van der Waals surface area contributed by atoms with Crippen LogP contribution in [0.1, 0.15) is 18.3 Å². The Bertz CT molecular complexity index is 426. The van der Waals surface area contributed by atoms with E-state index in [1.54, 1.807) is 0 Å². The van der Waals surface area contributed by atoms with Gasteiger partial charge >= 0.3 is 0 Å². The van der Waals surface area contributed by atoms with Crippen LogP contribution in [-0.4, -0.2) is 16.7 Å². The van der Waals surface area contributed by atoms with Crippen LogP contribution in [0.2, 0.25) is 0 Å². The quantitative estimate of drug-likeness (QED) is 0.823. The number of hydrogen-bond acceptors (Lipinski definition) is 5. The third-order valence-corrected chi connectivity index (χ3v) is 2.28. The van der Waals surface area contributed by atoms with Gasteiger partial charge in [0.1, 0.15) is 5.75 Å². The highest BCUT2D eigenvalue weighted by molar-refractivity contribution is 5.27. The molecule has 1 aromatic carbocycles. The van der Waals surface area contributed by atoms with Gasteiger partial charge in [0.05, 0.1) is 0 Å². The zero-order valence-corrected chi connectivity index (χ0v) is 9.72. The summed E-state index contributed by atoms with van der Waals surface area (Å²) >= 11 is 0. The van der Waals surface area contributed by atoms with Crippen LogP contribution in [0.15, 0.2) is 35.2 Å². The highest BCUT2D eigenvalue weighted by Crippen LogP contribution is 2.13. The third-order valence-electron chi connectivity index (χ3n) is 2.28. The van der Waals surface area contributed by atoms with Crippen LogP contribution in [0.25, 0.3) is 0 Å². The largest absolute Gasteiger partial charge is 0.485 e. The Morgan fingerprint density at radius 2 is 2.12 bits per heavy atom. The molecule has 0 unspecified atom stereocenters. The van der Waals surface area contributed by atoms with Crippen molar-refractivity contribution in [3.05, 3.63) is 42.0 Å². The lowest BCUT2D eigenvalue weighted by atomic mass is 10.2. The van der Waals surface area contributed by atoms with Crippen molar-refractivity contribution in [2.24, 2.45) is 0 Å². The van der Waals surface area contributed by atoms with Gasteiger partial charge in [0.25, 0.3) is 0 Å². The maximum Gasteiger partial charge on any atom is 0.213 e. The summed E-state index contributed by atoms with van der Waals surface area (Å²) in [4.78, 5) is 3.88. The molecule has 0 radical (unpaired) electrons. The van der Waals surface area contributed by atoms with Crippen LogP contribution in [0, 0.1) is 0 Å². The molecule has 0 aliphatic rings. The molecular weight excluding hydrogens is 218 g/mol. The van der Waals surface area contributed by atoms with Gasteiger partial charge in [-0.3, -0.25) is 0 Å². The standard InChI is InChI=1S/C12H15N3O2/c1-2-13-7-10-3-5-11(6-4-10)16-8-12-14-9-17-15-12/h3-6,9,13H,2,7-8H2,1H3. The van der Waals surface area contributed by atoms with Gasteiger partial charge in [0.2, 0.25) is 12.2 Å². The second-order valence-electron chi connectivity index (χ2n) is 3.56. The second kappa shape index (κ2) is 6.00. The van der Waals surface area contributed by atoms with E-state index in [9.17, 15) is 0 Å². The van der Waals surface area contributed by atoms with E-state index in [-0.39, 0.29) is 0 Å². The van der Waals surface area contributed by atoms with Crippen molar-refractivity contribution in [1.29, 1.82) is 0 Å². The Kier molecular flexibility index (Phi) is 4.10. The van der Waals surface area contributed by atoms with Gasteiger partial charge in [-0.2, -0.15) is 4.98 Å². The smallest absolute Gasteiger partial charge is 0.213 e. The third kappa shape index (κ3) is 3.57. The van der Waals surface area contributed by atoms with E-state index < -0.39 is 0 Å². The Labute approximate surface area is 99.8 Å². The minimum Gasteiger partial charge on any atom is -0.485 e. The number of benzene rings is 1. The van der Waals surface area contributed by atoms with E-state index in [4.69, 9.17) is 4.74 Å². The summed E-state index contributed by atoms with van der Waals surface area (Å²) in [6, 6.07) is 7.95. The van der Waals surface area contributed by atoms with Crippen LogP contribution in [-0.2, 0) is 13.2 Å². The summed E-state index contributed by atoms with van der Waals surface area (Å²) in [5, 5.41) is 6.93. The lowest BCUT2D eigenvalue weighted by Crippen LogP contribution is -2.11. The van der Waals surface area contributed by atoms with Gasteiger partial charge < -0.3 is 14.6 Å². The first-order valence-corrected chi connectivity index (χ1v) is 5.56. The molecule has 0 bridgehead atoms. The summed E-state index contributed by atoms with van der Waals surface area (Å²) in [5.41, 5.74) is 1.23. The number of nitrogens with zero attached hydrogens (tertiary/aromatic N) is 2. The molecule has 17 heavy (non-hydrogen) atoms. The molecule has 0 fully saturated rings. The second-order valence-corrected chi connectivity index (χ2v) is 3.56. The van der Waals surface area contributed by atoms with Crippen molar-refractivity contribution in [2.45, 2.75) is 20.1 Å². The summed E-state index contributed by atoms with van der Waals surface area (Å²) in [6.07, 6.45) is 1.29. The van der Waals surface area contributed by atoms with E-state index in [2.05, 4.69) is 26.9 Å². The molecule has 1 aromatic heterocycles. The Balaban J connectivity index is 1.85. The fraction of sp³-hybridized carbons (Fsp3) is 0.333. The molecule has 0 atom stereocenters. The van der Waals surface area contributed by atoms with Gasteiger partial charge in [0.15, 0.2) is 6.61 Å². The van der Waals surface area contributed by atoms with Crippen LogP contribution >= 0.6 is 0 Å². The van der Waals surface area contributed by atoms with Crippen molar-refractivity contribution in [3.63, 3.8) is 0 Å².